The number of nitrogens with one attached hydrogen (secondary N) is 1. The molecule has 102 valence electrons. The van der Waals surface area contributed by atoms with Gasteiger partial charge in [-0.1, -0.05) is 0 Å². The van der Waals surface area contributed by atoms with E-state index in [1.165, 1.54) is 0 Å². The van der Waals surface area contributed by atoms with Crippen molar-refractivity contribution in [3.05, 3.63) is 54.7 Å². The van der Waals surface area contributed by atoms with Crippen LogP contribution in [0.5, 0.6) is 0 Å². The second-order valence-electron chi connectivity index (χ2n) is 4.38. The predicted molar refractivity (Wildman–Crippen MR) is 76.6 cm³/mol. The highest BCUT2D eigenvalue weighted by Gasteiger charge is 2.06. The first-order valence-electron chi connectivity index (χ1n) is 6.57. The molecular weight excluding hydrogens is 252 g/mol. The number of anilines is 1. The van der Waals surface area contributed by atoms with Gasteiger partial charge in [-0.15, -0.1) is 0 Å². The summed E-state index contributed by atoms with van der Waals surface area (Å²) in [5.74, 6) is 0.792. The Balaban J connectivity index is 1.77. The molecule has 0 aliphatic carbocycles. The average Bonchev–Trinajstić information content (AvgIpc) is 3.17. The fourth-order valence-corrected chi connectivity index (χ4v) is 1.98. The van der Waals surface area contributed by atoms with E-state index in [1.54, 1.807) is 17.1 Å². The van der Waals surface area contributed by atoms with E-state index in [0.29, 0.717) is 6.54 Å². The van der Waals surface area contributed by atoms with Gasteiger partial charge in [0.1, 0.15) is 0 Å². The minimum Gasteiger partial charge on any atom is -0.378 e. The quantitative estimate of drug-likeness (QED) is 0.769. The maximum Gasteiger partial charge on any atom is 0.176 e. The summed E-state index contributed by atoms with van der Waals surface area (Å²) < 4.78 is 3.66. The molecule has 0 bridgehead atoms. The highest BCUT2D eigenvalue weighted by molar-refractivity contribution is 5.56. The van der Waals surface area contributed by atoms with Crippen LogP contribution >= 0.6 is 0 Å². The van der Waals surface area contributed by atoms with Crippen LogP contribution in [0.25, 0.3) is 5.82 Å². The van der Waals surface area contributed by atoms with Crippen molar-refractivity contribution < 1.29 is 0 Å². The molecule has 0 aliphatic heterocycles. The highest BCUT2D eigenvalue weighted by Crippen LogP contribution is 2.17. The zero-order valence-electron chi connectivity index (χ0n) is 11.3. The second kappa shape index (κ2) is 5.56. The van der Waals surface area contributed by atoms with Crippen molar-refractivity contribution in [3.8, 4) is 5.82 Å². The Kier molecular flexibility index (Phi) is 3.45. The molecular formula is C14H16N6. The van der Waals surface area contributed by atoms with E-state index >= 15 is 0 Å². The first-order valence-corrected chi connectivity index (χ1v) is 6.57. The predicted octanol–water partition coefficient (Wildman–Crippen LogP) is 2.10. The maximum atomic E-state index is 4.37. The van der Waals surface area contributed by atoms with Crippen LogP contribution in [0.15, 0.2) is 49.2 Å². The summed E-state index contributed by atoms with van der Waals surface area (Å²) in [4.78, 5) is 4.37. The number of nitrogens with zero attached hydrogens (tertiary/aromatic N) is 5. The van der Waals surface area contributed by atoms with E-state index in [2.05, 4.69) is 27.4 Å². The van der Waals surface area contributed by atoms with Crippen molar-refractivity contribution >= 4 is 5.69 Å². The Bertz CT molecular complexity index is 671. The summed E-state index contributed by atoms with van der Waals surface area (Å²) in [6.07, 6.45) is 9.29. The molecule has 0 aliphatic rings. The normalized spacial score (nSPS) is 10.7. The van der Waals surface area contributed by atoms with Crippen molar-refractivity contribution in [1.29, 1.82) is 0 Å². The number of aromatic nitrogens is 5. The lowest BCUT2D eigenvalue weighted by molar-refractivity contribution is 0.659. The molecule has 20 heavy (non-hydrogen) atoms. The van der Waals surface area contributed by atoms with Gasteiger partial charge in [0.2, 0.25) is 0 Å². The molecule has 3 rings (SSSR count). The summed E-state index contributed by atoms with van der Waals surface area (Å²) in [6, 6.07) is 5.78. The minimum atomic E-state index is 0.708. The number of rotatable bonds is 5. The monoisotopic (exact) mass is 268 g/mol. The molecule has 6 nitrogen and oxygen atoms in total. The van der Waals surface area contributed by atoms with Gasteiger partial charge in [0, 0.05) is 43.4 Å². The largest absolute Gasteiger partial charge is 0.378 e. The smallest absolute Gasteiger partial charge is 0.176 e. The summed E-state index contributed by atoms with van der Waals surface area (Å²) in [6.45, 7) is 3.66. The van der Waals surface area contributed by atoms with E-state index in [4.69, 9.17) is 0 Å². The lowest BCUT2D eigenvalue weighted by atomic mass is 10.3. The van der Waals surface area contributed by atoms with E-state index in [1.807, 2.05) is 41.5 Å². The topological polar surface area (TPSA) is 60.6 Å². The van der Waals surface area contributed by atoms with Gasteiger partial charge in [-0.05, 0) is 25.1 Å². The lowest BCUT2D eigenvalue weighted by Crippen LogP contribution is -2.06. The van der Waals surface area contributed by atoms with Crippen LogP contribution in [0.2, 0.25) is 0 Å². The van der Waals surface area contributed by atoms with Crippen LogP contribution in [-0.4, -0.2) is 24.5 Å². The number of aryl methyl sites for hydroxylation is 1. The van der Waals surface area contributed by atoms with Crippen LogP contribution in [0.4, 0.5) is 5.69 Å². The van der Waals surface area contributed by atoms with E-state index in [9.17, 15) is 0 Å². The molecule has 3 aromatic heterocycles. The van der Waals surface area contributed by atoms with Crippen molar-refractivity contribution in [1.82, 2.24) is 24.5 Å². The van der Waals surface area contributed by atoms with Gasteiger partial charge in [-0.2, -0.15) is 10.2 Å². The Morgan fingerprint density at radius 2 is 2.15 bits per heavy atom. The van der Waals surface area contributed by atoms with Crippen molar-refractivity contribution in [3.63, 3.8) is 0 Å². The number of pyridine rings is 1. The fourth-order valence-electron chi connectivity index (χ4n) is 1.98. The first-order chi connectivity index (χ1) is 9.86. The molecule has 0 amide bonds. The van der Waals surface area contributed by atoms with Gasteiger partial charge in [-0.25, -0.2) is 9.67 Å². The maximum absolute atomic E-state index is 4.37. The third kappa shape index (κ3) is 2.54. The van der Waals surface area contributed by atoms with Crippen molar-refractivity contribution in [2.24, 2.45) is 0 Å². The van der Waals surface area contributed by atoms with Crippen LogP contribution in [0, 0.1) is 0 Å². The molecule has 0 radical (unpaired) electrons. The second-order valence-corrected chi connectivity index (χ2v) is 4.38. The van der Waals surface area contributed by atoms with Gasteiger partial charge < -0.3 is 5.32 Å². The van der Waals surface area contributed by atoms with Crippen LogP contribution in [-0.2, 0) is 13.1 Å². The van der Waals surface area contributed by atoms with E-state index in [0.717, 1.165) is 23.6 Å². The molecule has 0 aromatic carbocycles. The number of hydrogen-bond donors (Lipinski definition) is 1. The summed E-state index contributed by atoms with van der Waals surface area (Å²) >= 11 is 0. The summed E-state index contributed by atoms with van der Waals surface area (Å²) in [5, 5.41) is 11.9. The van der Waals surface area contributed by atoms with Gasteiger partial charge in [0.25, 0.3) is 0 Å². The summed E-state index contributed by atoms with van der Waals surface area (Å²) in [7, 11) is 0. The van der Waals surface area contributed by atoms with Gasteiger partial charge in [-0.3, -0.25) is 4.68 Å². The molecule has 0 atom stereocenters. The first kappa shape index (κ1) is 12.4. The SMILES string of the molecule is CCn1cc(CNc2cccnc2-n2cccn2)cn1. The van der Waals surface area contributed by atoms with Crippen LogP contribution in [0.1, 0.15) is 12.5 Å². The molecule has 0 spiro atoms. The number of hydrogen-bond acceptors (Lipinski definition) is 4. The van der Waals surface area contributed by atoms with Crippen LogP contribution in [0.3, 0.4) is 0 Å². The Labute approximate surface area is 117 Å². The zero-order valence-corrected chi connectivity index (χ0v) is 11.3. The Hall–Kier alpha value is -2.63. The minimum absolute atomic E-state index is 0.708. The molecule has 6 heteroatoms. The molecule has 0 unspecified atom stereocenters. The molecule has 0 saturated carbocycles. The van der Waals surface area contributed by atoms with E-state index < -0.39 is 0 Å². The van der Waals surface area contributed by atoms with Gasteiger partial charge in [0.05, 0.1) is 11.9 Å². The Morgan fingerprint density at radius 1 is 1.20 bits per heavy atom. The zero-order chi connectivity index (χ0) is 13.8. The highest BCUT2D eigenvalue weighted by atomic mass is 15.3. The third-order valence-electron chi connectivity index (χ3n) is 3.00. The third-order valence-corrected chi connectivity index (χ3v) is 3.00. The van der Waals surface area contributed by atoms with Crippen LogP contribution < -0.4 is 5.32 Å². The molecule has 0 saturated heterocycles. The van der Waals surface area contributed by atoms with Crippen molar-refractivity contribution in [2.75, 3.05) is 5.32 Å². The van der Waals surface area contributed by atoms with Gasteiger partial charge in [0.15, 0.2) is 5.82 Å². The standard InChI is InChI=1S/C14H16N6/c1-2-19-11-12(10-18-19)9-16-13-5-3-6-15-14(13)20-8-4-7-17-20/h3-8,10-11,16H,2,9H2,1H3. The summed E-state index contributed by atoms with van der Waals surface area (Å²) in [5.41, 5.74) is 2.09. The molecule has 1 N–H and O–H groups in total. The molecule has 0 fully saturated rings. The van der Waals surface area contributed by atoms with Gasteiger partial charge >= 0.3 is 0 Å². The van der Waals surface area contributed by atoms with Crippen molar-refractivity contribution in [2.45, 2.75) is 20.0 Å². The molecule has 3 heterocycles. The average molecular weight is 268 g/mol. The molecule has 3 aromatic rings. The Morgan fingerprint density at radius 3 is 2.90 bits per heavy atom. The lowest BCUT2D eigenvalue weighted by Gasteiger charge is -2.09. The fraction of sp³-hybridized carbons (Fsp3) is 0.214. The van der Waals surface area contributed by atoms with E-state index in [-0.39, 0.29) is 0 Å².